The van der Waals surface area contributed by atoms with E-state index < -0.39 is 10.0 Å². The van der Waals surface area contributed by atoms with Gasteiger partial charge in [0.1, 0.15) is 0 Å². The molecule has 1 fully saturated rings. The van der Waals surface area contributed by atoms with E-state index in [0.717, 1.165) is 5.69 Å². The largest absolute Gasteiger partial charge is 0.348 e. The Kier molecular flexibility index (Phi) is 4.95. The molecule has 0 radical (unpaired) electrons. The van der Waals surface area contributed by atoms with E-state index in [-0.39, 0.29) is 24.4 Å². The molecule has 116 valence electrons. The molecule has 21 heavy (non-hydrogen) atoms. The number of carbonyl (C=O) groups excluding carboxylic acids is 1. The van der Waals surface area contributed by atoms with Gasteiger partial charge in [-0.3, -0.25) is 9.78 Å². The topological polar surface area (TPSA) is 79.4 Å². The van der Waals surface area contributed by atoms with Crippen molar-refractivity contribution in [1.82, 2.24) is 14.6 Å². The highest BCUT2D eigenvalue weighted by Crippen LogP contribution is 2.20. The molecule has 1 saturated heterocycles. The minimum atomic E-state index is -3.23. The third-order valence-corrected chi connectivity index (χ3v) is 4.98. The number of sulfonamides is 1. The summed E-state index contributed by atoms with van der Waals surface area (Å²) in [5.41, 5.74) is 0.793. The molecule has 2 atom stereocenters. The molecule has 1 aliphatic rings. The summed E-state index contributed by atoms with van der Waals surface area (Å²) in [5, 5.41) is 2.91. The Labute approximate surface area is 125 Å². The summed E-state index contributed by atoms with van der Waals surface area (Å²) < 4.78 is 24.5. The first-order valence-electron chi connectivity index (χ1n) is 7.04. The fourth-order valence-corrected chi connectivity index (χ4v) is 3.41. The van der Waals surface area contributed by atoms with Crippen LogP contribution in [0.2, 0.25) is 0 Å². The first kappa shape index (κ1) is 15.9. The lowest BCUT2D eigenvalue weighted by atomic mass is 9.98. The molecular weight excluding hydrogens is 290 g/mol. The van der Waals surface area contributed by atoms with Crippen LogP contribution in [0.3, 0.4) is 0 Å². The Hall–Kier alpha value is -1.47. The van der Waals surface area contributed by atoms with Gasteiger partial charge < -0.3 is 5.32 Å². The fraction of sp³-hybridized carbons (Fsp3) is 0.571. The normalized spacial score (nSPS) is 21.7. The Morgan fingerprint density at radius 3 is 2.86 bits per heavy atom. The van der Waals surface area contributed by atoms with Gasteiger partial charge in [0.05, 0.1) is 23.9 Å². The summed E-state index contributed by atoms with van der Waals surface area (Å²) in [6.07, 6.45) is 4.30. The number of pyridine rings is 1. The molecule has 1 aromatic rings. The van der Waals surface area contributed by atoms with Crippen LogP contribution in [-0.2, 0) is 14.8 Å². The van der Waals surface area contributed by atoms with Crippen molar-refractivity contribution in [3.63, 3.8) is 0 Å². The quantitative estimate of drug-likeness (QED) is 0.897. The number of carbonyl (C=O) groups is 1. The van der Waals surface area contributed by atoms with Crippen LogP contribution < -0.4 is 5.32 Å². The minimum absolute atomic E-state index is 0.110. The molecule has 2 rings (SSSR count). The molecule has 0 spiro atoms. The molecule has 0 unspecified atom stereocenters. The third-order valence-electron chi connectivity index (χ3n) is 3.71. The average molecular weight is 311 g/mol. The summed E-state index contributed by atoms with van der Waals surface area (Å²) in [6.45, 7) is 2.63. The van der Waals surface area contributed by atoms with Gasteiger partial charge in [-0.05, 0) is 31.9 Å². The van der Waals surface area contributed by atoms with Crippen molar-refractivity contribution in [2.24, 2.45) is 5.92 Å². The van der Waals surface area contributed by atoms with Crippen LogP contribution in [0, 0.1) is 5.92 Å². The van der Waals surface area contributed by atoms with Gasteiger partial charge in [0.25, 0.3) is 0 Å². The SMILES string of the molecule is C[C@@H](NC(=O)[C@H]1CCCN(S(C)(=O)=O)C1)c1ccccn1. The highest BCUT2D eigenvalue weighted by atomic mass is 32.2. The number of aromatic nitrogens is 1. The standard InChI is InChI=1S/C14H21N3O3S/c1-11(13-7-3-4-8-15-13)16-14(18)12-6-5-9-17(10-12)21(2,19)20/h3-4,7-8,11-12H,5-6,9-10H2,1-2H3,(H,16,18)/t11-,12+/m1/s1. The number of nitrogens with one attached hydrogen (secondary N) is 1. The van der Waals surface area contributed by atoms with Gasteiger partial charge in [-0.1, -0.05) is 6.07 Å². The second-order valence-corrected chi connectivity index (χ2v) is 7.43. The molecule has 0 aliphatic carbocycles. The lowest BCUT2D eigenvalue weighted by Gasteiger charge is -2.30. The smallest absolute Gasteiger partial charge is 0.224 e. The Morgan fingerprint density at radius 1 is 1.48 bits per heavy atom. The molecule has 1 aromatic heterocycles. The van der Waals surface area contributed by atoms with Gasteiger partial charge in [-0.2, -0.15) is 0 Å². The lowest BCUT2D eigenvalue weighted by Crippen LogP contribution is -2.45. The molecule has 1 N–H and O–H groups in total. The lowest BCUT2D eigenvalue weighted by molar-refractivity contribution is -0.126. The first-order valence-corrected chi connectivity index (χ1v) is 8.89. The van der Waals surface area contributed by atoms with Crippen molar-refractivity contribution in [3.05, 3.63) is 30.1 Å². The van der Waals surface area contributed by atoms with Crippen LogP contribution in [0.25, 0.3) is 0 Å². The van der Waals surface area contributed by atoms with E-state index in [1.165, 1.54) is 10.6 Å². The van der Waals surface area contributed by atoms with E-state index >= 15 is 0 Å². The van der Waals surface area contributed by atoms with Gasteiger partial charge in [0.2, 0.25) is 15.9 Å². The van der Waals surface area contributed by atoms with Crippen LogP contribution in [0.1, 0.15) is 31.5 Å². The predicted octanol–water partition coefficient (Wildman–Crippen LogP) is 0.930. The van der Waals surface area contributed by atoms with Crippen molar-refractivity contribution in [3.8, 4) is 0 Å². The maximum atomic E-state index is 12.3. The monoisotopic (exact) mass is 311 g/mol. The summed E-state index contributed by atoms with van der Waals surface area (Å²) in [5.74, 6) is -0.402. The average Bonchev–Trinajstić information content (AvgIpc) is 2.47. The molecule has 2 heterocycles. The number of amides is 1. The number of piperidine rings is 1. The molecule has 0 bridgehead atoms. The maximum absolute atomic E-state index is 12.3. The summed E-state index contributed by atoms with van der Waals surface area (Å²) in [4.78, 5) is 16.5. The summed E-state index contributed by atoms with van der Waals surface area (Å²) in [6, 6.07) is 5.36. The zero-order valence-corrected chi connectivity index (χ0v) is 13.1. The van der Waals surface area contributed by atoms with Crippen molar-refractivity contribution >= 4 is 15.9 Å². The zero-order valence-electron chi connectivity index (χ0n) is 12.3. The first-order chi connectivity index (χ1) is 9.88. The summed E-state index contributed by atoms with van der Waals surface area (Å²) >= 11 is 0. The Balaban J connectivity index is 1.97. The number of hydrogen-bond donors (Lipinski definition) is 1. The fourth-order valence-electron chi connectivity index (χ4n) is 2.49. The van der Waals surface area contributed by atoms with Crippen LogP contribution in [-0.4, -0.2) is 43.0 Å². The highest BCUT2D eigenvalue weighted by Gasteiger charge is 2.30. The molecule has 1 amide bonds. The summed E-state index contributed by atoms with van der Waals surface area (Å²) in [7, 11) is -3.23. The van der Waals surface area contributed by atoms with Crippen LogP contribution in [0.5, 0.6) is 0 Å². The third kappa shape index (κ3) is 4.25. The van der Waals surface area contributed by atoms with Crippen molar-refractivity contribution in [2.75, 3.05) is 19.3 Å². The maximum Gasteiger partial charge on any atom is 0.224 e. The van der Waals surface area contributed by atoms with Crippen molar-refractivity contribution < 1.29 is 13.2 Å². The minimum Gasteiger partial charge on any atom is -0.348 e. The van der Waals surface area contributed by atoms with Gasteiger partial charge in [0.15, 0.2) is 0 Å². The molecule has 6 nitrogen and oxygen atoms in total. The molecular formula is C14H21N3O3S. The van der Waals surface area contributed by atoms with Gasteiger partial charge >= 0.3 is 0 Å². The molecule has 1 aliphatic heterocycles. The Morgan fingerprint density at radius 2 is 2.24 bits per heavy atom. The van der Waals surface area contributed by atoms with E-state index in [0.29, 0.717) is 19.4 Å². The number of hydrogen-bond acceptors (Lipinski definition) is 4. The van der Waals surface area contributed by atoms with Crippen molar-refractivity contribution in [2.45, 2.75) is 25.8 Å². The van der Waals surface area contributed by atoms with E-state index in [2.05, 4.69) is 10.3 Å². The predicted molar refractivity (Wildman–Crippen MR) is 79.9 cm³/mol. The van der Waals surface area contributed by atoms with Gasteiger partial charge in [-0.15, -0.1) is 0 Å². The van der Waals surface area contributed by atoms with Gasteiger partial charge in [-0.25, -0.2) is 12.7 Å². The van der Waals surface area contributed by atoms with Crippen molar-refractivity contribution in [1.29, 1.82) is 0 Å². The number of rotatable bonds is 4. The molecule has 0 saturated carbocycles. The van der Waals surface area contributed by atoms with Crippen LogP contribution in [0.15, 0.2) is 24.4 Å². The van der Waals surface area contributed by atoms with Crippen LogP contribution in [0.4, 0.5) is 0 Å². The second-order valence-electron chi connectivity index (χ2n) is 5.45. The van der Waals surface area contributed by atoms with E-state index in [1.807, 2.05) is 25.1 Å². The van der Waals surface area contributed by atoms with Gasteiger partial charge in [0, 0.05) is 19.3 Å². The highest BCUT2D eigenvalue weighted by molar-refractivity contribution is 7.88. The molecule has 0 aromatic carbocycles. The van der Waals surface area contributed by atoms with E-state index in [4.69, 9.17) is 0 Å². The Bertz CT molecular complexity index is 589. The zero-order chi connectivity index (χ0) is 15.5. The van der Waals surface area contributed by atoms with E-state index in [1.54, 1.807) is 6.20 Å². The number of nitrogens with zero attached hydrogens (tertiary/aromatic N) is 2. The van der Waals surface area contributed by atoms with E-state index in [9.17, 15) is 13.2 Å². The second kappa shape index (κ2) is 6.53. The molecule has 7 heteroatoms. The van der Waals surface area contributed by atoms with Crippen LogP contribution >= 0.6 is 0 Å².